The number of methoxy groups -OCH3 is 1. The van der Waals surface area contributed by atoms with Crippen LogP contribution in [0.2, 0.25) is 0 Å². The molecule has 0 aliphatic carbocycles. The van der Waals surface area contributed by atoms with Gasteiger partial charge in [-0.05, 0) is 48.0 Å². The van der Waals surface area contributed by atoms with E-state index in [1.54, 1.807) is 19.2 Å². The number of alkyl halides is 4. The van der Waals surface area contributed by atoms with Gasteiger partial charge in [0.2, 0.25) is 5.91 Å². The summed E-state index contributed by atoms with van der Waals surface area (Å²) < 4.78 is 55.8. The smallest absolute Gasteiger partial charge is 0.255 e. The van der Waals surface area contributed by atoms with Crippen molar-refractivity contribution in [2.75, 3.05) is 30.4 Å². The molecule has 0 radical (unpaired) electrons. The number of halogens is 4. The molecule has 2 aromatic carbocycles. The number of aromatic nitrogens is 1. The van der Waals surface area contributed by atoms with Gasteiger partial charge >= 0.3 is 0 Å². The first-order valence-corrected chi connectivity index (χ1v) is 10.7. The van der Waals surface area contributed by atoms with Crippen LogP contribution in [0, 0.1) is 0 Å². The van der Waals surface area contributed by atoms with Crippen LogP contribution in [-0.2, 0) is 4.79 Å². The minimum atomic E-state index is -2.73. The van der Waals surface area contributed by atoms with Crippen LogP contribution in [0.5, 0.6) is 5.75 Å². The van der Waals surface area contributed by atoms with Crippen LogP contribution in [-0.4, -0.2) is 43.9 Å². The molecular weight excluding hydrogens is 458 g/mol. The van der Waals surface area contributed by atoms with Crippen molar-refractivity contribution in [1.29, 1.82) is 0 Å². The lowest BCUT2D eigenvalue weighted by Crippen LogP contribution is -2.33. The second-order valence-electron chi connectivity index (χ2n) is 6.87. The van der Waals surface area contributed by atoms with E-state index >= 15 is 0 Å². The maximum Gasteiger partial charge on any atom is 0.255 e. The first-order chi connectivity index (χ1) is 15.8. The molecule has 0 bridgehead atoms. The van der Waals surface area contributed by atoms with E-state index in [0.717, 1.165) is 21.9 Å². The van der Waals surface area contributed by atoms with E-state index in [0.29, 0.717) is 10.7 Å². The molecule has 0 aliphatic rings. The monoisotopic (exact) mass is 479 g/mol. The summed E-state index contributed by atoms with van der Waals surface area (Å²) >= 11 is 1.28. The summed E-state index contributed by atoms with van der Waals surface area (Å²) in [6, 6.07) is 13.4. The SMILES string of the molecule is COc1ccc(-c2csc(NC(=O)/C=C/c3ccc(N(CC(F)F)CC(F)F)cc3)n2)cc1. The summed E-state index contributed by atoms with van der Waals surface area (Å²) in [6.07, 6.45) is -2.63. The lowest BCUT2D eigenvalue weighted by molar-refractivity contribution is -0.111. The number of carbonyl (C=O) groups is 1. The second-order valence-corrected chi connectivity index (χ2v) is 7.73. The Hall–Kier alpha value is -3.40. The van der Waals surface area contributed by atoms with Crippen LogP contribution in [0.1, 0.15) is 5.56 Å². The average molecular weight is 479 g/mol. The second kappa shape index (κ2) is 11.5. The average Bonchev–Trinajstić information content (AvgIpc) is 3.25. The summed E-state index contributed by atoms with van der Waals surface area (Å²) in [6.45, 7) is -1.57. The fourth-order valence-electron chi connectivity index (χ4n) is 2.96. The molecule has 174 valence electrons. The van der Waals surface area contributed by atoms with E-state index in [4.69, 9.17) is 4.74 Å². The number of nitrogens with zero attached hydrogens (tertiary/aromatic N) is 2. The Morgan fingerprint density at radius 1 is 1.06 bits per heavy atom. The molecule has 0 fully saturated rings. The standard InChI is InChI=1S/C23H21F4N3O2S/c1-32-18-9-5-16(6-10-18)19-14-33-23(28-19)29-22(31)11-4-15-2-7-17(8-3-15)30(12-20(24)25)13-21(26)27/h2-11,14,20-21H,12-13H2,1H3,(H,28,29,31)/b11-4+. The number of rotatable bonds is 10. The molecule has 33 heavy (non-hydrogen) atoms. The molecule has 3 aromatic rings. The highest BCUT2D eigenvalue weighted by Crippen LogP contribution is 2.26. The normalized spacial score (nSPS) is 11.4. The number of benzene rings is 2. The van der Waals surface area contributed by atoms with Crippen molar-refractivity contribution in [3.05, 3.63) is 65.6 Å². The van der Waals surface area contributed by atoms with Gasteiger partial charge in [0.15, 0.2) is 5.13 Å². The number of ether oxygens (including phenoxy) is 1. The van der Waals surface area contributed by atoms with E-state index < -0.39 is 31.8 Å². The van der Waals surface area contributed by atoms with Crippen molar-refractivity contribution in [3.63, 3.8) is 0 Å². The minimum absolute atomic E-state index is 0.256. The third-order valence-electron chi connectivity index (χ3n) is 4.52. The Morgan fingerprint density at radius 2 is 1.70 bits per heavy atom. The zero-order valence-corrected chi connectivity index (χ0v) is 18.4. The van der Waals surface area contributed by atoms with Gasteiger partial charge in [-0.25, -0.2) is 22.5 Å². The van der Waals surface area contributed by atoms with Crippen LogP contribution in [0.4, 0.5) is 28.4 Å². The molecular formula is C23H21F4N3O2S. The predicted molar refractivity (Wildman–Crippen MR) is 122 cm³/mol. The number of nitrogens with one attached hydrogen (secondary N) is 1. The molecule has 0 spiro atoms. The molecule has 5 nitrogen and oxygen atoms in total. The minimum Gasteiger partial charge on any atom is -0.497 e. The molecule has 1 N–H and O–H groups in total. The van der Waals surface area contributed by atoms with Crippen molar-refractivity contribution in [2.24, 2.45) is 0 Å². The van der Waals surface area contributed by atoms with Crippen molar-refractivity contribution in [1.82, 2.24) is 4.98 Å². The lowest BCUT2D eigenvalue weighted by atomic mass is 10.1. The largest absolute Gasteiger partial charge is 0.497 e. The van der Waals surface area contributed by atoms with Gasteiger partial charge in [-0.1, -0.05) is 12.1 Å². The summed E-state index contributed by atoms with van der Waals surface area (Å²) in [5.41, 5.74) is 2.47. The number of carbonyl (C=O) groups excluding carboxylic acids is 1. The van der Waals surface area contributed by atoms with Gasteiger partial charge in [-0.3, -0.25) is 10.1 Å². The van der Waals surface area contributed by atoms with E-state index in [2.05, 4.69) is 10.3 Å². The number of hydrogen-bond acceptors (Lipinski definition) is 5. The molecule has 0 aliphatic heterocycles. The van der Waals surface area contributed by atoms with Crippen LogP contribution in [0.25, 0.3) is 17.3 Å². The first kappa shape index (κ1) is 24.2. The molecule has 0 unspecified atom stereocenters. The number of thiazole rings is 1. The zero-order valence-electron chi connectivity index (χ0n) is 17.6. The molecule has 1 aromatic heterocycles. The van der Waals surface area contributed by atoms with Crippen LogP contribution in [0.15, 0.2) is 60.0 Å². The molecule has 0 atom stereocenters. The van der Waals surface area contributed by atoms with Gasteiger partial charge in [-0.15, -0.1) is 11.3 Å². The van der Waals surface area contributed by atoms with Gasteiger partial charge in [0.1, 0.15) is 5.75 Å². The highest BCUT2D eigenvalue weighted by Gasteiger charge is 2.17. The summed E-state index contributed by atoms with van der Waals surface area (Å²) in [7, 11) is 1.59. The summed E-state index contributed by atoms with van der Waals surface area (Å²) in [5, 5.41) is 4.93. The Balaban J connectivity index is 1.59. The molecule has 1 amide bonds. The maximum absolute atomic E-state index is 12.7. The van der Waals surface area contributed by atoms with Crippen LogP contribution < -0.4 is 15.0 Å². The van der Waals surface area contributed by atoms with Gasteiger partial charge in [-0.2, -0.15) is 0 Å². The van der Waals surface area contributed by atoms with Crippen molar-refractivity contribution < 1.29 is 27.1 Å². The van der Waals surface area contributed by atoms with Crippen LogP contribution >= 0.6 is 11.3 Å². The fraction of sp³-hybridized carbons (Fsp3) is 0.217. The van der Waals surface area contributed by atoms with Crippen molar-refractivity contribution in [2.45, 2.75) is 12.9 Å². The Bertz CT molecular complexity index is 1060. The fourth-order valence-corrected chi connectivity index (χ4v) is 3.68. The summed E-state index contributed by atoms with van der Waals surface area (Å²) in [4.78, 5) is 17.5. The third-order valence-corrected chi connectivity index (χ3v) is 5.28. The quantitative estimate of drug-likeness (QED) is 0.295. The molecule has 1 heterocycles. The maximum atomic E-state index is 12.7. The molecule has 3 rings (SSSR count). The van der Waals surface area contributed by atoms with E-state index in [9.17, 15) is 22.4 Å². The molecule has 0 saturated carbocycles. The molecule has 0 saturated heterocycles. The predicted octanol–water partition coefficient (Wildman–Crippen LogP) is 5.81. The van der Waals surface area contributed by atoms with Crippen molar-refractivity contribution in [3.8, 4) is 17.0 Å². The van der Waals surface area contributed by atoms with Gasteiger partial charge in [0, 0.05) is 22.7 Å². The third kappa shape index (κ3) is 7.31. The van der Waals surface area contributed by atoms with Gasteiger partial charge in [0.05, 0.1) is 25.9 Å². The highest BCUT2D eigenvalue weighted by atomic mass is 32.1. The highest BCUT2D eigenvalue weighted by molar-refractivity contribution is 7.14. The Labute approximate surface area is 192 Å². The number of hydrogen-bond donors (Lipinski definition) is 1. The first-order valence-electron chi connectivity index (χ1n) is 9.84. The number of anilines is 2. The lowest BCUT2D eigenvalue weighted by Gasteiger charge is -2.24. The van der Waals surface area contributed by atoms with Crippen molar-refractivity contribution >= 4 is 34.1 Å². The molecule has 10 heteroatoms. The van der Waals surface area contributed by atoms with Gasteiger partial charge < -0.3 is 9.64 Å². The zero-order chi connectivity index (χ0) is 23.8. The van der Waals surface area contributed by atoms with Gasteiger partial charge in [0.25, 0.3) is 12.9 Å². The topological polar surface area (TPSA) is 54.5 Å². The van der Waals surface area contributed by atoms with E-state index in [1.807, 2.05) is 29.6 Å². The van der Waals surface area contributed by atoms with Crippen LogP contribution in [0.3, 0.4) is 0 Å². The Kier molecular flexibility index (Phi) is 8.42. The Morgan fingerprint density at radius 3 is 2.27 bits per heavy atom. The number of amides is 1. The van der Waals surface area contributed by atoms with E-state index in [1.165, 1.54) is 35.6 Å². The van der Waals surface area contributed by atoms with E-state index in [-0.39, 0.29) is 5.69 Å². The summed E-state index contributed by atoms with van der Waals surface area (Å²) in [5.74, 6) is 0.336.